The van der Waals surface area contributed by atoms with E-state index >= 15 is 0 Å². The van der Waals surface area contributed by atoms with Gasteiger partial charge in [-0.25, -0.2) is 39.3 Å². The fourth-order valence-electron chi connectivity index (χ4n) is 9.53. The van der Waals surface area contributed by atoms with Crippen LogP contribution in [-0.4, -0.2) is 146 Å². The molecule has 0 atom stereocenters. The summed E-state index contributed by atoms with van der Waals surface area (Å²) >= 11 is 6.60. The van der Waals surface area contributed by atoms with E-state index in [1.54, 1.807) is 92.7 Å². The minimum Gasteiger partial charge on any atom is -0.339 e. The molecular weight excluding hydrogens is 1280 g/mol. The Morgan fingerprint density at radius 2 is 0.900 bits per heavy atom. The van der Waals surface area contributed by atoms with Gasteiger partial charge in [0.2, 0.25) is 0 Å². The number of carbonyl (C=O) groups excluding carboxylic acids is 2. The van der Waals surface area contributed by atoms with Crippen molar-refractivity contribution in [3.05, 3.63) is 199 Å². The average Bonchev–Trinajstić information content (AvgIpc) is 2.10. The Balaban J connectivity index is 0.000000146. The Kier molecular flexibility index (Phi) is 22.1. The number of H-pyrrole nitrogens is 3. The molecule has 0 aliphatic carbocycles. The zero-order chi connectivity index (χ0) is 63.7. The van der Waals surface area contributed by atoms with Gasteiger partial charge in [0.1, 0.15) is 62.7 Å². The molecule has 0 spiro atoms. The summed E-state index contributed by atoms with van der Waals surface area (Å²) in [5.41, 5.74) is 2.66. The molecule has 27 nitrogen and oxygen atoms in total. The van der Waals surface area contributed by atoms with Crippen molar-refractivity contribution in [1.29, 1.82) is 0 Å². The number of nitrogens with zero attached hydrogens (tertiary/aromatic N) is 19. The summed E-state index contributed by atoms with van der Waals surface area (Å²) in [6.45, 7) is 15.7. The van der Waals surface area contributed by atoms with Crippen molar-refractivity contribution in [1.82, 2.24) is 108 Å². The van der Waals surface area contributed by atoms with E-state index in [0.29, 0.717) is 57.7 Å². The zero-order valence-corrected chi connectivity index (χ0v) is 53.6. The number of carbonyl (C=O) groups is 2. The van der Waals surface area contributed by atoms with Crippen molar-refractivity contribution in [3.8, 4) is 52.0 Å². The van der Waals surface area contributed by atoms with Gasteiger partial charge in [0, 0.05) is 93.9 Å². The van der Waals surface area contributed by atoms with E-state index in [4.69, 9.17) is 0 Å². The summed E-state index contributed by atoms with van der Waals surface area (Å²) in [5.74, 6) is 3.67. The lowest BCUT2D eigenvalue weighted by molar-refractivity contribution is 0.0716. The third-order valence-electron chi connectivity index (χ3n) is 14.2. The highest BCUT2D eigenvalue weighted by atomic mass is 79.9. The minimum absolute atomic E-state index is 0.0149. The maximum atomic E-state index is 13.1. The summed E-state index contributed by atoms with van der Waals surface area (Å²) in [4.78, 5) is 92.5. The second-order valence-corrected chi connectivity index (χ2v) is 23.1. The van der Waals surface area contributed by atoms with Crippen LogP contribution in [0.15, 0.2) is 171 Å². The van der Waals surface area contributed by atoms with Gasteiger partial charge in [-0.3, -0.25) is 23.3 Å². The molecule has 0 bridgehead atoms. The van der Waals surface area contributed by atoms with Crippen molar-refractivity contribution in [3.63, 3.8) is 0 Å². The molecule has 2 saturated heterocycles. The van der Waals surface area contributed by atoms with Crippen LogP contribution in [0.4, 0.5) is 0 Å². The van der Waals surface area contributed by atoms with Gasteiger partial charge in [0.25, 0.3) is 11.8 Å². The average molecular weight is 1350 g/mol. The first-order chi connectivity index (χ1) is 43.5. The number of imidazole rings is 3. The molecule has 0 aromatic carbocycles. The number of likely N-dealkylation sites (tertiary alicyclic amines) is 2. The molecule has 0 unspecified atom stereocenters. The standard InChI is InChI=1S/C24H26N8O2.C13H14N6O.C11H13BrN2O.C10H11BrN4.C3H4N2O/c1-17(2)32-16-26-28-22(32)19-7-6-8-21(27-19)31-14-13-30(24(31)34)20-10-9-18(15-25-20)23(33)29-11-4-3-5-12-29;1-9(2)19-8-15-17-12(19)10-4-3-5-11(16-10)18-7-6-14-13(18)20;12-10-5-4-9(8-13-10)11(15)14-6-2-1-3-7-14;1-7(2)15-6-12-14-10(15)8-4-3-5-9(11)13-8;6-3-4-1-2-5-3/h6-10,13-17H,3-5,11-12H2,1-2H3;3-9H,1-2H3,(H,14,20);4-5,8H,1-3,6-7H2;3-7H,1-2H3;1-2H,(H2,4,5,6). The molecule has 2 amide bonds. The van der Waals surface area contributed by atoms with Gasteiger partial charge >= 0.3 is 17.1 Å². The molecule has 0 radical (unpaired) electrons. The number of nitrogens with one attached hydrogen (secondary N) is 3. The summed E-state index contributed by atoms with van der Waals surface area (Å²) in [6, 6.07) is 24.4. The molecule has 0 saturated carbocycles. The van der Waals surface area contributed by atoms with Crippen LogP contribution in [0.2, 0.25) is 0 Å². The number of amides is 2. The molecule has 90 heavy (non-hydrogen) atoms. The van der Waals surface area contributed by atoms with Gasteiger partial charge in [0.15, 0.2) is 17.5 Å². The molecule has 29 heteroatoms. The predicted molar refractivity (Wildman–Crippen MR) is 344 cm³/mol. The lowest BCUT2D eigenvalue weighted by Crippen LogP contribution is -2.35. The highest BCUT2D eigenvalue weighted by Gasteiger charge is 2.21. The number of hydrogen-bond donors (Lipinski definition) is 3. The van der Waals surface area contributed by atoms with E-state index in [2.05, 4.69) is 116 Å². The molecule has 2 aliphatic heterocycles. The van der Waals surface area contributed by atoms with E-state index in [1.807, 2.05) is 99.7 Å². The Labute approximate surface area is 533 Å². The van der Waals surface area contributed by atoms with Crippen LogP contribution in [0.5, 0.6) is 0 Å². The normalized spacial score (nSPS) is 12.9. The van der Waals surface area contributed by atoms with Crippen LogP contribution in [0.1, 0.15) is 119 Å². The van der Waals surface area contributed by atoms with Gasteiger partial charge in [-0.05, 0) is 173 Å². The second-order valence-electron chi connectivity index (χ2n) is 21.5. The maximum Gasteiger partial charge on any atom is 0.339 e. The zero-order valence-electron chi connectivity index (χ0n) is 50.5. The fraction of sp³-hybridized carbons (Fsp3) is 0.311. The molecule has 11 aromatic rings. The summed E-state index contributed by atoms with van der Waals surface area (Å²) < 4.78 is 11.8. The van der Waals surface area contributed by atoms with E-state index in [9.17, 15) is 24.0 Å². The Morgan fingerprint density at radius 3 is 1.30 bits per heavy atom. The number of piperidine rings is 2. The Hall–Kier alpha value is -9.90. The first kappa shape index (κ1) is 64.6. The number of halogens is 2. The van der Waals surface area contributed by atoms with E-state index in [0.717, 1.165) is 79.0 Å². The van der Waals surface area contributed by atoms with E-state index in [-0.39, 0.29) is 41.0 Å². The maximum absolute atomic E-state index is 13.1. The number of aromatic amines is 3. The largest absolute Gasteiger partial charge is 0.339 e. The van der Waals surface area contributed by atoms with E-state index in [1.165, 1.54) is 26.3 Å². The monoisotopic (exact) mass is 1350 g/mol. The van der Waals surface area contributed by atoms with Crippen molar-refractivity contribution in [2.45, 2.75) is 98.2 Å². The first-order valence-corrected chi connectivity index (χ1v) is 30.8. The van der Waals surface area contributed by atoms with Crippen LogP contribution in [0, 0.1) is 0 Å². The smallest absolute Gasteiger partial charge is 0.339 e. The number of aromatic nitrogens is 20. The van der Waals surface area contributed by atoms with E-state index < -0.39 is 0 Å². The number of rotatable bonds is 11. The minimum atomic E-state index is -0.308. The van der Waals surface area contributed by atoms with Gasteiger partial charge in [-0.1, -0.05) is 18.2 Å². The summed E-state index contributed by atoms with van der Waals surface area (Å²) in [6.07, 6.45) is 24.5. The molecule has 2 aliphatic rings. The van der Waals surface area contributed by atoms with Gasteiger partial charge < -0.3 is 38.5 Å². The van der Waals surface area contributed by atoms with Crippen molar-refractivity contribution < 1.29 is 9.59 Å². The van der Waals surface area contributed by atoms with Crippen molar-refractivity contribution in [2.75, 3.05) is 26.2 Å². The molecular formula is C61H68Br2N22O5. The third-order valence-corrected chi connectivity index (χ3v) is 15.1. The van der Waals surface area contributed by atoms with Crippen LogP contribution in [0.3, 0.4) is 0 Å². The van der Waals surface area contributed by atoms with Gasteiger partial charge in [-0.2, -0.15) is 0 Å². The van der Waals surface area contributed by atoms with Gasteiger partial charge in [0.05, 0.1) is 11.1 Å². The Bertz CT molecular complexity index is 4250. The fourth-order valence-corrected chi connectivity index (χ4v) is 10.1. The number of hydrogen-bond acceptors (Lipinski definition) is 16. The highest BCUT2D eigenvalue weighted by Crippen LogP contribution is 2.23. The third kappa shape index (κ3) is 16.4. The molecule has 13 heterocycles. The van der Waals surface area contributed by atoms with Crippen LogP contribution < -0.4 is 17.1 Å². The topological polar surface area (TPSA) is 311 Å². The van der Waals surface area contributed by atoms with Crippen molar-refractivity contribution in [2.24, 2.45) is 0 Å². The van der Waals surface area contributed by atoms with Crippen LogP contribution >= 0.6 is 31.9 Å². The van der Waals surface area contributed by atoms with Crippen LogP contribution in [-0.2, 0) is 0 Å². The molecule has 2 fully saturated rings. The molecule has 13 rings (SSSR count). The lowest BCUT2D eigenvalue weighted by atomic mass is 10.1. The lowest BCUT2D eigenvalue weighted by Gasteiger charge is -2.26. The van der Waals surface area contributed by atoms with Crippen molar-refractivity contribution >= 4 is 43.7 Å². The summed E-state index contributed by atoms with van der Waals surface area (Å²) in [7, 11) is 0. The van der Waals surface area contributed by atoms with Crippen LogP contribution in [0.25, 0.3) is 52.0 Å². The number of pyridine rings is 5. The molecule has 11 aromatic heterocycles. The highest BCUT2D eigenvalue weighted by molar-refractivity contribution is 9.10. The Morgan fingerprint density at radius 1 is 0.456 bits per heavy atom. The van der Waals surface area contributed by atoms with Gasteiger partial charge in [-0.15, -0.1) is 30.6 Å². The quantitative estimate of drug-likeness (QED) is 0.102. The summed E-state index contributed by atoms with van der Waals surface area (Å²) in [5, 5.41) is 24.2. The first-order valence-electron chi connectivity index (χ1n) is 29.3. The predicted octanol–water partition coefficient (Wildman–Crippen LogP) is 9.14. The molecule has 3 N–H and O–H groups in total. The SMILES string of the molecule is CC(C)n1cnnc1-c1cccc(-n2cc[nH]c2=O)n1.CC(C)n1cnnc1-c1cccc(-n2ccn(-c3ccc(C(=O)N4CCCCC4)cn3)c2=O)n1.CC(C)n1cnnc1-c1cccc(Br)n1.O=C(c1ccc(Br)nc1)N1CCCCC1.O=c1[nH]cc[nH]1. The second kappa shape index (κ2) is 30.8. The molecule has 466 valence electrons.